The molecule has 7 rings (SSSR count). The van der Waals surface area contributed by atoms with Gasteiger partial charge in [-0.1, -0.05) is 42.5 Å². The number of fused-ring (bicyclic) bond motifs is 5. The van der Waals surface area contributed by atoms with Crippen molar-refractivity contribution in [2.24, 2.45) is 7.05 Å². The summed E-state index contributed by atoms with van der Waals surface area (Å²) in [5.41, 5.74) is 11.8. The molecule has 0 aliphatic rings. The van der Waals surface area contributed by atoms with E-state index in [0.717, 1.165) is 0 Å². The molecule has 0 saturated heterocycles. The van der Waals surface area contributed by atoms with Gasteiger partial charge in [-0.15, -0.1) is 0 Å². The minimum absolute atomic E-state index is 1.25. The highest BCUT2D eigenvalue weighted by molar-refractivity contribution is 6.26. The average Bonchev–Trinajstić information content (AvgIpc) is 3.16. The highest BCUT2D eigenvalue weighted by atomic mass is 15.0. The fraction of sp³-hybridized carbons (Fsp3) is 0.129. The maximum absolute atomic E-state index is 2.53. The van der Waals surface area contributed by atoms with Crippen molar-refractivity contribution in [3.05, 3.63) is 95.7 Å². The molecule has 3 aromatic heterocycles. The van der Waals surface area contributed by atoms with E-state index in [4.69, 9.17) is 0 Å². The third-order valence-corrected chi connectivity index (χ3v) is 7.60. The van der Waals surface area contributed by atoms with Crippen molar-refractivity contribution in [1.29, 1.82) is 0 Å². The molecule has 0 radical (unpaired) electrons. The van der Waals surface area contributed by atoms with Crippen molar-refractivity contribution in [3.63, 3.8) is 0 Å². The van der Waals surface area contributed by atoms with Crippen LogP contribution in [0.4, 0.5) is 0 Å². The van der Waals surface area contributed by atoms with Crippen LogP contribution < -0.4 is 4.57 Å². The van der Waals surface area contributed by atoms with Gasteiger partial charge in [0.05, 0.1) is 27.3 Å². The number of rotatable bonds is 1. The molecule has 0 unspecified atom stereocenters. The second-order valence-electron chi connectivity index (χ2n) is 9.49. The summed E-state index contributed by atoms with van der Waals surface area (Å²) < 4.78 is 4.84. The lowest BCUT2D eigenvalue weighted by atomic mass is 9.94. The number of aryl methyl sites for hydroxylation is 4. The standard InChI is InChI=1S/C31H25N2/c1-18-9-8-12-25-27(18)24-15-19(2)20(3)28-30(24)33(25)26-17-23(21-10-6-5-7-11-21)16-22-13-14-32(4)31(28)29(22)26/h5-17H,1-4H3/q+1. The Morgan fingerprint density at radius 3 is 2.30 bits per heavy atom. The third-order valence-electron chi connectivity index (χ3n) is 7.60. The molecule has 0 fully saturated rings. The number of aromatic nitrogens is 2. The van der Waals surface area contributed by atoms with Gasteiger partial charge in [0, 0.05) is 16.8 Å². The largest absolute Gasteiger partial charge is 0.307 e. The van der Waals surface area contributed by atoms with Gasteiger partial charge in [0.1, 0.15) is 7.05 Å². The topological polar surface area (TPSA) is 8.29 Å². The lowest BCUT2D eigenvalue weighted by Crippen LogP contribution is -2.29. The monoisotopic (exact) mass is 425 g/mol. The fourth-order valence-corrected chi connectivity index (χ4v) is 5.93. The molecular formula is C31H25N2+. The van der Waals surface area contributed by atoms with Crippen molar-refractivity contribution >= 4 is 49.0 Å². The van der Waals surface area contributed by atoms with Crippen LogP contribution in [-0.4, -0.2) is 4.40 Å². The number of benzene rings is 4. The van der Waals surface area contributed by atoms with E-state index in [2.05, 4.69) is 116 Å². The molecule has 158 valence electrons. The first-order chi connectivity index (χ1) is 16.0. The Balaban J connectivity index is 1.88. The quantitative estimate of drug-likeness (QED) is 0.147. The van der Waals surface area contributed by atoms with Crippen LogP contribution in [0.5, 0.6) is 0 Å². The summed E-state index contributed by atoms with van der Waals surface area (Å²) in [6.45, 7) is 6.77. The second kappa shape index (κ2) is 6.32. The van der Waals surface area contributed by atoms with Gasteiger partial charge in [-0.3, -0.25) is 0 Å². The summed E-state index contributed by atoms with van der Waals surface area (Å²) in [7, 11) is 2.18. The van der Waals surface area contributed by atoms with Crippen molar-refractivity contribution in [3.8, 4) is 11.1 Å². The zero-order chi connectivity index (χ0) is 22.4. The number of pyridine rings is 2. The molecule has 2 heteroatoms. The molecule has 33 heavy (non-hydrogen) atoms. The molecule has 0 bridgehead atoms. The molecule has 0 spiro atoms. The van der Waals surface area contributed by atoms with Gasteiger partial charge >= 0.3 is 0 Å². The van der Waals surface area contributed by atoms with E-state index < -0.39 is 0 Å². The maximum atomic E-state index is 2.53. The van der Waals surface area contributed by atoms with Crippen LogP contribution in [0.3, 0.4) is 0 Å². The Morgan fingerprint density at radius 2 is 1.48 bits per heavy atom. The third kappa shape index (κ3) is 2.30. The van der Waals surface area contributed by atoms with Crippen LogP contribution in [0.2, 0.25) is 0 Å². The smallest absolute Gasteiger partial charge is 0.224 e. The van der Waals surface area contributed by atoms with E-state index in [9.17, 15) is 0 Å². The summed E-state index contributed by atoms with van der Waals surface area (Å²) in [4.78, 5) is 0. The van der Waals surface area contributed by atoms with Crippen molar-refractivity contribution in [2.75, 3.05) is 0 Å². The Labute approximate surface area is 192 Å². The molecule has 0 aliphatic heterocycles. The highest BCUT2D eigenvalue weighted by Crippen LogP contribution is 2.43. The predicted octanol–water partition coefficient (Wildman–Crippen LogP) is 7.41. The maximum Gasteiger partial charge on any atom is 0.224 e. The van der Waals surface area contributed by atoms with Gasteiger partial charge in [0.2, 0.25) is 5.52 Å². The predicted molar refractivity (Wildman–Crippen MR) is 139 cm³/mol. The van der Waals surface area contributed by atoms with Gasteiger partial charge in [-0.2, -0.15) is 0 Å². The van der Waals surface area contributed by atoms with Gasteiger partial charge in [-0.05, 0) is 78.2 Å². The molecule has 0 atom stereocenters. The summed E-state index contributed by atoms with van der Waals surface area (Å²) in [6, 6.07) is 26.8. The van der Waals surface area contributed by atoms with E-state index in [1.807, 2.05) is 0 Å². The van der Waals surface area contributed by atoms with Crippen LogP contribution in [0.25, 0.3) is 60.1 Å². The Kier molecular flexibility index (Phi) is 3.57. The zero-order valence-electron chi connectivity index (χ0n) is 19.4. The van der Waals surface area contributed by atoms with Crippen LogP contribution in [0.1, 0.15) is 16.7 Å². The summed E-state index contributed by atoms with van der Waals surface area (Å²) in [5.74, 6) is 0. The molecular weight excluding hydrogens is 400 g/mol. The van der Waals surface area contributed by atoms with Crippen LogP contribution >= 0.6 is 0 Å². The average molecular weight is 426 g/mol. The van der Waals surface area contributed by atoms with Gasteiger partial charge in [0.15, 0.2) is 6.20 Å². The van der Waals surface area contributed by atoms with Crippen molar-refractivity contribution in [1.82, 2.24) is 4.40 Å². The van der Waals surface area contributed by atoms with Crippen LogP contribution in [-0.2, 0) is 7.05 Å². The zero-order valence-corrected chi connectivity index (χ0v) is 19.4. The minimum Gasteiger partial charge on any atom is -0.307 e. The second-order valence-corrected chi connectivity index (χ2v) is 9.49. The number of hydrogen-bond donors (Lipinski definition) is 0. The first-order valence-electron chi connectivity index (χ1n) is 11.6. The lowest BCUT2D eigenvalue weighted by Gasteiger charge is -2.15. The Hall–Kier alpha value is -3.91. The Morgan fingerprint density at radius 1 is 0.667 bits per heavy atom. The first kappa shape index (κ1) is 18.6. The molecule has 3 heterocycles. The SMILES string of the molecule is Cc1cc2c3c(C)cccc3n3c4cc(-c5ccccc5)cc5cc[n+](C)c(c(c1C)c23)c54. The van der Waals surface area contributed by atoms with Gasteiger partial charge in [0.25, 0.3) is 0 Å². The van der Waals surface area contributed by atoms with Gasteiger partial charge < -0.3 is 4.40 Å². The van der Waals surface area contributed by atoms with Crippen LogP contribution in [0.15, 0.2) is 79.0 Å². The number of nitrogens with zero attached hydrogens (tertiary/aromatic N) is 2. The molecule has 4 aromatic carbocycles. The minimum atomic E-state index is 1.25. The molecule has 0 aliphatic carbocycles. The normalized spacial score (nSPS) is 12.2. The fourth-order valence-electron chi connectivity index (χ4n) is 5.93. The Bertz CT molecular complexity index is 1890. The first-order valence-corrected chi connectivity index (χ1v) is 11.6. The van der Waals surface area contributed by atoms with Gasteiger partial charge in [-0.25, -0.2) is 4.57 Å². The molecule has 0 N–H and O–H groups in total. The number of hydrogen-bond acceptors (Lipinski definition) is 0. The van der Waals surface area contributed by atoms with E-state index >= 15 is 0 Å². The van der Waals surface area contributed by atoms with E-state index in [1.165, 1.54) is 76.8 Å². The van der Waals surface area contributed by atoms with E-state index in [0.29, 0.717) is 0 Å². The van der Waals surface area contributed by atoms with E-state index in [1.54, 1.807) is 0 Å². The molecule has 0 amide bonds. The molecule has 7 aromatic rings. The van der Waals surface area contributed by atoms with Crippen LogP contribution in [0, 0.1) is 20.8 Å². The van der Waals surface area contributed by atoms with E-state index in [-0.39, 0.29) is 0 Å². The summed E-state index contributed by atoms with van der Waals surface area (Å²) >= 11 is 0. The summed E-state index contributed by atoms with van der Waals surface area (Å²) in [5, 5.41) is 6.71. The van der Waals surface area contributed by atoms with Crippen molar-refractivity contribution < 1.29 is 4.57 Å². The molecule has 0 saturated carbocycles. The highest BCUT2D eigenvalue weighted by Gasteiger charge is 2.25. The lowest BCUT2D eigenvalue weighted by molar-refractivity contribution is -0.643. The molecule has 2 nitrogen and oxygen atoms in total. The summed E-state index contributed by atoms with van der Waals surface area (Å²) in [6.07, 6.45) is 2.22. The van der Waals surface area contributed by atoms with Crippen molar-refractivity contribution in [2.45, 2.75) is 20.8 Å².